The summed E-state index contributed by atoms with van der Waals surface area (Å²) in [6, 6.07) is 12.7. The van der Waals surface area contributed by atoms with E-state index in [0.717, 1.165) is 12.0 Å². The lowest BCUT2D eigenvalue weighted by Gasteiger charge is -2.12. The zero-order valence-corrected chi connectivity index (χ0v) is 19.9. The fourth-order valence-electron chi connectivity index (χ4n) is 3.62. The van der Waals surface area contributed by atoms with Crippen LogP contribution in [0.4, 0.5) is 5.95 Å². The number of aryl methyl sites for hydroxylation is 1. The first-order chi connectivity index (χ1) is 15.9. The van der Waals surface area contributed by atoms with E-state index in [1.165, 1.54) is 4.57 Å². The second-order valence-corrected chi connectivity index (χ2v) is 8.17. The molecule has 1 N–H and O–H groups in total. The molecule has 0 aliphatic heterocycles. The van der Waals surface area contributed by atoms with Gasteiger partial charge in [0.15, 0.2) is 11.5 Å². The number of ether oxygens (including phenoxy) is 2. The van der Waals surface area contributed by atoms with E-state index in [1.807, 2.05) is 18.2 Å². The van der Waals surface area contributed by atoms with Crippen molar-refractivity contribution < 1.29 is 9.47 Å². The third-order valence-corrected chi connectivity index (χ3v) is 5.96. The number of nitrogens with zero attached hydrogens (tertiary/aromatic N) is 3. The summed E-state index contributed by atoms with van der Waals surface area (Å²) in [4.78, 5) is 22.0. The maximum atomic E-state index is 13.1. The van der Waals surface area contributed by atoms with Crippen LogP contribution >= 0.6 is 23.2 Å². The normalized spacial score (nSPS) is 10.9. The molecule has 7 nitrogen and oxygen atoms in total. The van der Waals surface area contributed by atoms with Crippen molar-refractivity contribution in [3.8, 4) is 22.6 Å². The van der Waals surface area contributed by atoms with Crippen LogP contribution in [0.25, 0.3) is 22.2 Å². The average Bonchev–Trinajstić information content (AvgIpc) is 2.82. The molecule has 0 atom stereocenters. The van der Waals surface area contributed by atoms with Gasteiger partial charge in [-0.1, -0.05) is 35.3 Å². The number of hydrogen-bond donors (Lipinski definition) is 1. The van der Waals surface area contributed by atoms with Crippen LogP contribution in [0.15, 0.2) is 53.5 Å². The number of methoxy groups -OCH3 is 2. The van der Waals surface area contributed by atoms with Gasteiger partial charge >= 0.3 is 0 Å². The number of fused-ring (bicyclic) bond motifs is 1. The second kappa shape index (κ2) is 9.68. The quantitative estimate of drug-likeness (QED) is 0.398. The Bertz CT molecular complexity index is 1370. The predicted octanol–water partition coefficient (Wildman–Crippen LogP) is 4.97. The van der Waals surface area contributed by atoms with Crippen LogP contribution in [0, 0.1) is 0 Å². The lowest BCUT2D eigenvalue weighted by Crippen LogP contribution is -2.20. The molecule has 33 heavy (non-hydrogen) atoms. The van der Waals surface area contributed by atoms with Crippen LogP contribution in [0.5, 0.6) is 11.5 Å². The summed E-state index contributed by atoms with van der Waals surface area (Å²) >= 11 is 12.6. The summed E-state index contributed by atoms with van der Waals surface area (Å²) in [5.41, 5.74) is 2.25. The monoisotopic (exact) mass is 484 g/mol. The second-order valence-electron chi connectivity index (χ2n) is 7.36. The summed E-state index contributed by atoms with van der Waals surface area (Å²) < 4.78 is 12.1. The molecule has 0 saturated heterocycles. The Balaban J connectivity index is 1.58. The highest BCUT2D eigenvalue weighted by atomic mass is 35.5. The van der Waals surface area contributed by atoms with Gasteiger partial charge in [0.1, 0.15) is 5.65 Å². The summed E-state index contributed by atoms with van der Waals surface area (Å²) in [7, 11) is 4.88. The lowest BCUT2D eigenvalue weighted by atomic mass is 10.1. The van der Waals surface area contributed by atoms with E-state index in [0.29, 0.717) is 56.2 Å². The van der Waals surface area contributed by atoms with Crippen molar-refractivity contribution in [1.29, 1.82) is 0 Å². The van der Waals surface area contributed by atoms with Crippen molar-refractivity contribution in [3.63, 3.8) is 0 Å². The molecule has 4 aromatic rings. The first kappa shape index (κ1) is 22.9. The Morgan fingerprint density at radius 1 is 1.03 bits per heavy atom. The molecule has 4 rings (SSSR count). The lowest BCUT2D eigenvalue weighted by molar-refractivity contribution is 0.354. The molecule has 0 fully saturated rings. The van der Waals surface area contributed by atoms with Crippen LogP contribution in [-0.2, 0) is 13.5 Å². The molecule has 9 heteroatoms. The minimum absolute atomic E-state index is 0.243. The number of aromatic nitrogens is 3. The van der Waals surface area contributed by atoms with E-state index in [4.69, 9.17) is 32.7 Å². The molecular weight excluding hydrogens is 463 g/mol. The Labute approximate surface area is 200 Å². The molecule has 170 valence electrons. The summed E-state index contributed by atoms with van der Waals surface area (Å²) in [5, 5.41) is 4.73. The van der Waals surface area contributed by atoms with E-state index in [1.54, 1.807) is 51.7 Å². The molecule has 2 heterocycles. The topological polar surface area (TPSA) is 78.3 Å². The maximum Gasteiger partial charge on any atom is 0.259 e. The Morgan fingerprint density at radius 2 is 1.76 bits per heavy atom. The molecule has 0 aliphatic rings. The van der Waals surface area contributed by atoms with Crippen molar-refractivity contribution in [3.05, 3.63) is 74.6 Å². The summed E-state index contributed by atoms with van der Waals surface area (Å²) in [6.07, 6.45) is 2.40. The number of nitrogens with one attached hydrogen (secondary N) is 1. The highest BCUT2D eigenvalue weighted by Crippen LogP contribution is 2.33. The number of hydrogen-bond acceptors (Lipinski definition) is 6. The van der Waals surface area contributed by atoms with Crippen molar-refractivity contribution in [2.24, 2.45) is 7.05 Å². The van der Waals surface area contributed by atoms with Gasteiger partial charge < -0.3 is 14.8 Å². The zero-order valence-electron chi connectivity index (χ0n) is 18.4. The number of anilines is 1. The smallest absolute Gasteiger partial charge is 0.259 e. The van der Waals surface area contributed by atoms with Crippen molar-refractivity contribution in [2.75, 3.05) is 26.1 Å². The van der Waals surface area contributed by atoms with Crippen molar-refractivity contribution in [2.45, 2.75) is 6.42 Å². The highest BCUT2D eigenvalue weighted by molar-refractivity contribution is 6.39. The van der Waals surface area contributed by atoms with E-state index >= 15 is 0 Å². The van der Waals surface area contributed by atoms with Gasteiger partial charge in [0.05, 0.1) is 29.8 Å². The summed E-state index contributed by atoms with van der Waals surface area (Å²) in [5.74, 6) is 1.80. The highest BCUT2D eigenvalue weighted by Gasteiger charge is 2.16. The van der Waals surface area contributed by atoms with E-state index in [9.17, 15) is 4.79 Å². The van der Waals surface area contributed by atoms with Gasteiger partial charge in [-0.2, -0.15) is 4.98 Å². The van der Waals surface area contributed by atoms with E-state index in [2.05, 4.69) is 15.3 Å². The first-order valence-corrected chi connectivity index (χ1v) is 10.9. The fraction of sp³-hybridized carbons (Fsp3) is 0.208. The fourth-order valence-corrected chi connectivity index (χ4v) is 4.22. The molecular formula is C24H22Cl2N4O3. The standard InChI is InChI=1S/C24H22Cl2N4O3/c1-30-22-15(12-16(23(30)31)21-17(25)5-4-6-18(21)26)13-28-24(29-22)27-10-9-14-7-8-19(32-2)20(11-14)33-3/h4-8,11-13H,9-10H2,1-3H3,(H,27,28,29). The van der Waals surface area contributed by atoms with Crippen LogP contribution in [0.3, 0.4) is 0 Å². The van der Waals surface area contributed by atoms with E-state index in [-0.39, 0.29) is 5.56 Å². The van der Waals surface area contributed by atoms with E-state index < -0.39 is 0 Å². The van der Waals surface area contributed by atoms with Crippen LogP contribution in [-0.4, -0.2) is 35.3 Å². The molecule has 0 amide bonds. The molecule has 0 saturated carbocycles. The van der Waals surface area contributed by atoms with Crippen LogP contribution in [0.1, 0.15) is 5.56 Å². The van der Waals surface area contributed by atoms with Crippen LogP contribution < -0.4 is 20.3 Å². The first-order valence-electron chi connectivity index (χ1n) is 10.2. The van der Waals surface area contributed by atoms with Gasteiger partial charge in [0, 0.05) is 30.7 Å². The number of pyridine rings is 1. The minimum Gasteiger partial charge on any atom is -0.493 e. The summed E-state index contributed by atoms with van der Waals surface area (Å²) in [6.45, 7) is 0.599. The Kier molecular flexibility index (Phi) is 6.72. The largest absolute Gasteiger partial charge is 0.493 e. The van der Waals surface area contributed by atoms with Gasteiger partial charge in [0.2, 0.25) is 5.95 Å². The molecule has 0 bridgehead atoms. The zero-order chi connectivity index (χ0) is 23.5. The molecule has 0 unspecified atom stereocenters. The SMILES string of the molecule is COc1ccc(CCNc2ncc3cc(-c4c(Cl)cccc4Cl)c(=O)n(C)c3n2)cc1OC. The average molecular weight is 485 g/mol. The van der Waals surface area contributed by atoms with Gasteiger partial charge in [-0.3, -0.25) is 9.36 Å². The molecule has 0 spiro atoms. The Hall–Kier alpha value is -3.29. The Morgan fingerprint density at radius 3 is 2.45 bits per heavy atom. The van der Waals surface area contributed by atoms with Gasteiger partial charge in [-0.25, -0.2) is 4.98 Å². The van der Waals surface area contributed by atoms with Gasteiger partial charge in [0.25, 0.3) is 5.56 Å². The van der Waals surface area contributed by atoms with Crippen LogP contribution in [0.2, 0.25) is 10.0 Å². The van der Waals surface area contributed by atoms with Crippen molar-refractivity contribution in [1.82, 2.24) is 14.5 Å². The van der Waals surface area contributed by atoms with Gasteiger partial charge in [-0.05, 0) is 42.3 Å². The van der Waals surface area contributed by atoms with Gasteiger partial charge in [-0.15, -0.1) is 0 Å². The maximum absolute atomic E-state index is 13.1. The molecule has 2 aromatic heterocycles. The van der Waals surface area contributed by atoms with Crippen molar-refractivity contribution >= 4 is 40.2 Å². The minimum atomic E-state index is -0.243. The number of benzene rings is 2. The third kappa shape index (κ3) is 4.60. The molecule has 0 aliphatic carbocycles. The molecule has 0 radical (unpaired) electrons. The number of rotatable bonds is 7. The number of halogens is 2. The predicted molar refractivity (Wildman–Crippen MR) is 132 cm³/mol. The third-order valence-electron chi connectivity index (χ3n) is 5.33. The molecule has 2 aromatic carbocycles.